The zero-order valence-corrected chi connectivity index (χ0v) is 19.6. The molecule has 1 heterocycles. The number of carbonyl (C=O) groups is 2. The fraction of sp³-hybridized carbons (Fsp3) is 0.440. The number of likely N-dealkylation sites (tertiary alicyclic amines) is 1. The lowest BCUT2D eigenvalue weighted by Gasteiger charge is -2.32. The molecule has 1 unspecified atom stereocenters. The van der Waals surface area contributed by atoms with E-state index in [9.17, 15) is 14.0 Å². The second-order valence-electron chi connectivity index (χ2n) is 8.44. The van der Waals surface area contributed by atoms with Gasteiger partial charge in [0.15, 0.2) is 0 Å². The van der Waals surface area contributed by atoms with E-state index in [1.54, 1.807) is 49.5 Å². The third-order valence-corrected chi connectivity index (χ3v) is 6.10. The average Bonchev–Trinajstić information content (AvgIpc) is 2.84. The maximum Gasteiger partial charge on any atom is 0.254 e. The lowest BCUT2D eigenvalue weighted by Crippen LogP contribution is -2.44. The van der Waals surface area contributed by atoms with E-state index in [1.165, 1.54) is 12.1 Å². The van der Waals surface area contributed by atoms with Gasteiger partial charge in [0.1, 0.15) is 17.3 Å². The Morgan fingerprint density at radius 2 is 1.64 bits per heavy atom. The first-order valence-corrected chi connectivity index (χ1v) is 11.0. The van der Waals surface area contributed by atoms with E-state index in [4.69, 9.17) is 9.47 Å². The number of ether oxygens (including phenoxy) is 2. The first-order chi connectivity index (χ1) is 15.8. The summed E-state index contributed by atoms with van der Waals surface area (Å²) in [4.78, 5) is 29.5. The third kappa shape index (κ3) is 6.22. The van der Waals surface area contributed by atoms with Crippen LogP contribution in [0.15, 0.2) is 42.5 Å². The number of halogens is 1. The van der Waals surface area contributed by atoms with Gasteiger partial charge in [0.2, 0.25) is 5.91 Å². The number of rotatable bonds is 8. The lowest BCUT2D eigenvalue weighted by molar-refractivity contribution is -0.126. The molecule has 2 aromatic carbocycles. The third-order valence-electron chi connectivity index (χ3n) is 6.10. The van der Waals surface area contributed by atoms with Crippen LogP contribution in [0.1, 0.15) is 34.8 Å². The summed E-state index contributed by atoms with van der Waals surface area (Å²) in [5, 5.41) is 3.04. The Morgan fingerprint density at radius 1 is 1.06 bits per heavy atom. The summed E-state index contributed by atoms with van der Waals surface area (Å²) >= 11 is 0. The Bertz CT molecular complexity index is 934. The fourth-order valence-corrected chi connectivity index (χ4v) is 4.08. The van der Waals surface area contributed by atoms with Gasteiger partial charge >= 0.3 is 0 Å². The fourth-order valence-electron chi connectivity index (χ4n) is 4.08. The molecular weight excluding hydrogens is 425 g/mol. The SMILES string of the molecule is COc1cc(OC)cc(C(=O)N2CCC(C(=O)NCC(c3ccc(F)cc3)N(C)C)CC2)c1. The summed E-state index contributed by atoms with van der Waals surface area (Å²) in [6.45, 7) is 1.44. The Labute approximate surface area is 194 Å². The van der Waals surface area contributed by atoms with Crippen molar-refractivity contribution >= 4 is 11.8 Å². The van der Waals surface area contributed by atoms with Crippen molar-refractivity contribution in [3.05, 3.63) is 59.4 Å². The molecular formula is C25H32FN3O4. The molecule has 0 radical (unpaired) electrons. The molecule has 7 nitrogen and oxygen atoms in total. The number of likely N-dealkylation sites (N-methyl/N-ethyl adjacent to an activating group) is 1. The lowest BCUT2D eigenvalue weighted by atomic mass is 9.95. The molecule has 0 spiro atoms. The van der Waals surface area contributed by atoms with Crippen molar-refractivity contribution in [1.29, 1.82) is 0 Å². The molecule has 33 heavy (non-hydrogen) atoms. The molecule has 1 aliphatic heterocycles. The number of nitrogens with one attached hydrogen (secondary N) is 1. The standard InChI is InChI=1S/C25H32FN3O4/c1-28(2)23(17-5-7-20(26)8-6-17)16-27-24(30)18-9-11-29(12-10-18)25(31)19-13-21(32-3)15-22(14-19)33-4/h5-8,13-15,18,23H,9-12,16H2,1-4H3,(H,27,30). The minimum absolute atomic E-state index is 0.0147. The van der Waals surface area contributed by atoms with Crippen molar-refractivity contribution in [3.8, 4) is 11.5 Å². The highest BCUT2D eigenvalue weighted by molar-refractivity contribution is 5.95. The zero-order chi connectivity index (χ0) is 24.0. The maximum absolute atomic E-state index is 13.3. The summed E-state index contributed by atoms with van der Waals surface area (Å²) in [6, 6.07) is 11.4. The molecule has 1 aliphatic rings. The van der Waals surface area contributed by atoms with E-state index in [0.717, 1.165) is 5.56 Å². The summed E-state index contributed by atoms with van der Waals surface area (Å²) in [6.07, 6.45) is 1.20. The summed E-state index contributed by atoms with van der Waals surface area (Å²) in [7, 11) is 6.95. The van der Waals surface area contributed by atoms with E-state index >= 15 is 0 Å². The summed E-state index contributed by atoms with van der Waals surface area (Å²) in [5.41, 5.74) is 1.44. The first kappa shape index (κ1) is 24.5. The van der Waals surface area contributed by atoms with Crippen molar-refractivity contribution in [3.63, 3.8) is 0 Å². The number of benzene rings is 2. The van der Waals surface area contributed by atoms with Gasteiger partial charge in [-0.15, -0.1) is 0 Å². The largest absolute Gasteiger partial charge is 0.497 e. The van der Waals surface area contributed by atoms with Crippen LogP contribution in [-0.4, -0.2) is 69.6 Å². The van der Waals surface area contributed by atoms with Crippen LogP contribution in [0.5, 0.6) is 11.5 Å². The molecule has 2 aromatic rings. The predicted octanol–water partition coefficient (Wildman–Crippen LogP) is 3.11. The molecule has 1 N–H and O–H groups in total. The number of carbonyl (C=O) groups excluding carboxylic acids is 2. The highest BCUT2D eigenvalue weighted by Crippen LogP contribution is 2.26. The molecule has 178 valence electrons. The topological polar surface area (TPSA) is 71.1 Å². The molecule has 0 aromatic heterocycles. The first-order valence-electron chi connectivity index (χ1n) is 11.0. The van der Waals surface area contributed by atoms with Crippen molar-refractivity contribution in [1.82, 2.24) is 15.1 Å². The molecule has 0 bridgehead atoms. The Morgan fingerprint density at radius 3 is 2.15 bits per heavy atom. The maximum atomic E-state index is 13.3. The number of hydrogen-bond acceptors (Lipinski definition) is 5. The summed E-state index contributed by atoms with van der Waals surface area (Å²) < 4.78 is 23.8. The minimum Gasteiger partial charge on any atom is -0.497 e. The molecule has 1 fully saturated rings. The van der Waals surface area contributed by atoms with Gasteiger partial charge in [-0.2, -0.15) is 0 Å². The van der Waals surface area contributed by atoms with Crippen LogP contribution in [0.2, 0.25) is 0 Å². The van der Waals surface area contributed by atoms with Crippen LogP contribution >= 0.6 is 0 Å². The minimum atomic E-state index is -0.283. The van der Waals surface area contributed by atoms with E-state index in [2.05, 4.69) is 5.32 Å². The number of piperidine rings is 1. The number of amides is 2. The van der Waals surface area contributed by atoms with Gasteiger partial charge in [-0.05, 0) is 56.8 Å². The molecule has 0 aliphatic carbocycles. The zero-order valence-electron chi connectivity index (χ0n) is 19.6. The predicted molar refractivity (Wildman–Crippen MR) is 124 cm³/mol. The monoisotopic (exact) mass is 457 g/mol. The smallest absolute Gasteiger partial charge is 0.254 e. The average molecular weight is 458 g/mol. The molecule has 3 rings (SSSR count). The number of hydrogen-bond donors (Lipinski definition) is 1. The van der Waals surface area contributed by atoms with E-state index in [0.29, 0.717) is 49.5 Å². The Balaban J connectivity index is 1.55. The van der Waals surface area contributed by atoms with Crippen molar-refractivity contribution in [2.24, 2.45) is 5.92 Å². The summed E-state index contributed by atoms with van der Waals surface area (Å²) in [5.74, 6) is 0.570. The second-order valence-corrected chi connectivity index (χ2v) is 8.44. The van der Waals surface area contributed by atoms with Crippen LogP contribution in [0.4, 0.5) is 4.39 Å². The Hall–Kier alpha value is -3.13. The Kier molecular flexibility index (Phi) is 8.27. The molecule has 8 heteroatoms. The highest BCUT2D eigenvalue weighted by Gasteiger charge is 2.29. The van der Waals surface area contributed by atoms with Gasteiger partial charge in [-0.25, -0.2) is 4.39 Å². The van der Waals surface area contributed by atoms with Gasteiger partial charge in [0.25, 0.3) is 5.91 Å². The van der Waals surface area contributed by atoms with E-state index in [1.807, 2.05) is 19.0 Å². The quantitative estimate of drug-likeness (QED) is 0.660. The molecule has 1 atom stereocenters. The van der Waals surface area contributed by atoms with Gasteiger partial charge in [-0.1, -0.05) is 12.1 Å². The van der Waals surface area contributed by atoms with Crippen LogP contribution < -0.4 is 14.8 Å². The highest BCUT2D eigenvalue weighted by atomic mass is 19.1. The van der Waals surface area contributed by atoms with Crippen LogP contribution in [0.25, 0.3) is 0 Å². The van der Waals surface area contributed by atoms with Crippen molar-refractivity contribution < 1.29 is 23.5 Å². The molecule has 1 saturated heterocycles. The van der Waals surface area contributed by atoms with E-state index < -0.39 is 0 Å². The van der Waals surface area contributed by atoms with Gasteiger partial charge < -0.3 is 24.6 Å². The second kappa shape index (κ2) is 11.1. The number of methoxy groups -OCH3 is 2. The molecule has 0 saturated carbocycles. The number of nitrogens with zero attached hydrogens (tertiary/aromatic N) is 2. The van der Waals surface area contributed by atoms with Crippen LogP contribution in [0.3, 0.4) is 0 Å². The van der Waals surface area contributed by atoms with Crippen LogP contribution in [-0.2, 0) is 4.79 Å². The van der Waals surface area contributed by atoms with Crippen molar-refractivity contribution in [2.45, 2.75) is 18.9 Å². The van der Waals surface area contributed by atoms with Gasteiger partial charge in [0.05, 0.1) is 20.3 Å². The van der Waals surface area contributed by atoms with Crippen LogP contribution in [0, 0.1) is 11.7 Å². The van der Waals surface area contributed by atoms with Crippen molar-refractivity contribution in [2.75, 3.05) is 47.9 Å². The molecule has 2 amide bonds. The van der Waals surface area contributed by atoms with Gasteiger partial charge in [0, 0.05) is 37.2 Å². The van der Waals surface area contributed by atoms with E-state index in [-0.39, 0.29) is 29.6 Å². The normalized spacial score (nSPS) is 15.3. The van der Waals surface area contributed by atoms with Gasteiger partial charge in [-0.3, -0.25) is 9.59 Å².